The molecule has 1 saturated heterocycles. The van der Waals surface area contributed by atoms with E-state index in [1.54, 1.807) is 11.3 Å². The fourth-order valence-electron chi connectivity index (χ4n) is 3.09. The van der Waals surface area contributed by atoms with Gasteiger partial charge in [-0.3, -0.25) is 9.69 Å². The number of rotatable bonds is 6. The maximum absolute atomic E-state index is 12.8. The molecule has 0 radical (unpaired) electrons. The first-order valence-electron chi connectivity index (χ1n) is 8.76. The van der Waals surface area contributed by atoms with Crippen LogP contribution in [0.5, 0.6) is 0 Å². The van der Waals surface area contributed by atoms with Crippen molar-refractivity contribution in [1.29, 1.82) is 0 Å². The molecule has 1 fully saturated rings. The Labute approximate surface area is 150 Å². The number of thiazole rings is 1. The summed E-state index contributed by atoms with van der Waals surface area (Å²) in [4.78, 5) is 24.0. The maximum Gasteiger partial charge on any atom is 0.239 e. The second-order valence-electron chi connectivity index (χ2n) is 6.63. The molecule has 0 bridgehead atoms. The number of likely N-dealkylation sites (N-methyl/N-ethyl adjacent to an activating group) is 1. The van der Waals surface area contributed by atoms with E-state index in [-0.39, 0.29) is 11.9 Å². The average Bonchev–Trinajstić information content (AvgIpc) is 2.84. The van der Waals surface area contributed by atoms with Crippen LogP contribution in [-0.2, 0) is 4.79 Å². The highest BCUT2D eigenvalue weighted by Gasteiger charge is 2.27. The molecule has 2 rings (SSSR count). The Morgan fingerprint density at radius 2 is 2.17 bits per heavy atom. The number of aryl methyl sites for hydroxylation is 1. The second kappa shape index (κ2) is 8.62. The smallest absolute Gasteiger partial charge is 0.239 e. The number of carbonyl (C=O) groups is 1. The lowest BCUT2D eigenvalue weighted by molar-refractivity contribution is -0.135. The fourth-order valence-corrected chi connectivity index (χ4v) is 3.95. The summed E-state index contributed by atoms with van der Waals surface area (Å²) >= 11 is 1.71. The molecule has 0 aromatic carbocycles. The minimum atomic E-state index is -0.0812. The highest BCUT2D eigenvalue weighted by molar-refractivity contribution is 7.13. The minimum Gasteiger partial charge on any atom is -0.347 e. The Morgan fingerprint density at radius 3 is 2.75 bits per heavy atom. The molecule has 1 aliphatic heterocycles. The number of anilines is 1. The first-order chi connectivity index (χ1) is 11.4. The molecule has 1 aliphatic rings. The predicted octanol–water partition coefficient (Wildman–Crippen LogP) is 2.78. The molecule has 5 nitrogen and oxygen atoms in total. The predicted molar refractivity (Wildman–Crippen MR) is 102 cm³/mol. The van der Waals surface area contributed by atoms with E-state index < -0.39 is 0 Å². The molecule has 24 heavy (non-hydrogen) atoms. The van der Waals surface area contributed by atoms with E-state index in [0.29, 0.717) is 6.54 Å². The molecule has 134 valence electrons. The molecule has 1 amide bonds. The summed E-state index contributed by atoms with van der Waals surface area (Å²) in [5, 5.41) is 3.20. The van der Waals surface area contributed by atoms with Crippen LogP contribution in [0.3, 0.4) is 0 Å². The quantitative estimate of drug-likeness (QED) is 0.740. The fraction of sp³-hybridized carbons (Fsp3) is 0.667. The van der Waals surface area contributed by atoms with Gasteiger partial charge < -0.3 is 9.80 Å². The van der Waals surface area contributed by atoms with Crippen molar-refractivity contribution in [2.24, 2.45) is 0 Å². The van der Waals surface area contributed by atoms with Crippen LogP contribution in [0.2, 0.25) is 0 Å². The molecule has 1 atom stereocenters. The molecule has 2 heterocycles. The van der Waals surface area contributed by atoms with Gasteiger partial charge in [0.15, 0.2) is 5.13 Å². The van der Waals surface area contributed by atoms with Crippen molar-refractivity contribution >= 4 is 22.4 Å². The lowest BCUT2D eigenvalue weighted by atomic mass is 10.2. The summed E-state index contributed by atoms with van der Waals surface area (Å²) in [6, 6.07) is -0.0812. The van der Waals surface area contributed by atoms with E-state index in [4.69, 9.17) is 0 Å². The lowest BCUT2D eigenvalue weighted by Crippen LogP contribution is -2.48. The highest BCUT2D eigenvalue weighted by atomic mass is 32.1. The standard InChI is InChI=1S/C18H30N4OS/c1-6-20(12-14(2)3)17(23)16(5)21-8-7-9-22(11-10-21)18-19-15(4)13-24-18/h13,16H,2,6-12H2,1,3-5H3. The molecule has 0 aliphatic carbocycles. The highest BCUT2D eigenvalue weighted by Crippen LogP contribution is 2.22. The van der Waals surface area contributed by atoms with E-state index in [1.165, 1.54) is 0 Å². The van der Waals surface area contributed by atoms with Crippen LogP contribution in [0.25, 0.3) is 0 Å². The SMILES string of the molecule is C=C(C)CN(CC)C(=O)C(C)N1CCCN(c2nc(C)cs2)CC1. The van der Waals surface area contributed by atoms with Gasteiger partial charge in [0, 0.05) is 44.6 Å². The van der Waals surface area contributed by atoms with Gasteiger partial charge in [-0.25, -0.2) is 4.98 Å². The van der Waals surface area contributed by atoms with Gasteiger partial charge in [-0.05, 0) is 34.1 Å². The van der Waals surface area contributed by atoms with Gasteiger partial charge in [0.25, 0.3) is 0 Å². The van der Waals surface area contributed by atoms with Crippen molar-refractivity contribution in [2.45, 2.75) is 40.2 Å². The Hall–Kier alpha value is -1.40. The molecular weight excluding hydrogens is 320 g/mol. The lowest BCUT2D eigenvalue weighted by Gasteiger charge is -2.31. The summed E-state index contributed by atoms with van der Waals surface area (Å²) < 4.78 is 0. The van der Waals surface area contributed by atoms with Gasteiger partial charge in [-0.2, -0.15) is 0 Å². The van der Waals surface area contributed by atoms with Gasteiger partial charge in [-0.15, -0.1) is 11.3 Å². The zero-order valence-electron chi connectivity index (χ0n) is 15.4. The molecular formula is C18H30N4OS. The molecule has 1 aromatic rings. The largest absolute Gasteiger partial charge is 0.347 e. The number of carbonyl (C=O) groups excluding carboxylic acids is 1. The third-order valence-electron chi connectivity index (χ3n) is 4.47. The molecule has 1 aromatic heterocycles. The van der Waals surface area contributed by atoms with E-state index in [9.17, 15) is 4.79 Å². The number of aromatic nitrogens is 1. The summed E-state index contributed by atoms with van der Waals surface area (Å²) in [5.74, 6) is 0.207. The van der Waals surface area contributed by atoms with E-state index in [2.05, 4.69) is 26.7 Å². The van der Waals surface area contributed by atoms with Gasteiger partial charge in [0.05, 0.1) is 11.7 Å². The van der Waals surface area contributed by atoms with Crippen LogP contribution in [0.1, 0.15) is 32.9 Å². The third-order valence-corrected chi connectivity index (χ3v) is 5.49. The van der Waals surface area contributed by atoms with Crippen LogP contribution in [0.4, 0.5) is 5.13 Å². The Morgan fingerprint density at radius 1 is 1.42 bits per heavy atom. The number of hydrogen-bond acceptors (Lipinski definition) is 5. The first-order valence-corrected chi connectivity index (χ1v) is 9.64. The Bertz CT molecular complexity index is 571. The van der Waals surface area contributed by atoms with Crippen molar-refractivity contribution in [3.05, 3.63) is 23.2 Å². The Kier molecular flexibility index (Phi) is 6.80. The summed E-state index contributed by atoms with van der Waals surface area (Å²) in [6.45, 7) is 17.2. The van der Waals surface area contributed by atoms with Crippen LogP contribution in [0, 0.1) is 6.92 Å². The zero-order chi connectivity index (χ0) is 17.7. The molecule has 1 unspecified atom stereocenters. The third kappa shape index (κ3) is 4.80. The summed E-state index contributed by atoms with van der Waals surface area (Å²) in [7, 11) is 0. The molecule has 0 saturated carbocycles. The van der Waals surface area contributed by atoms with Crippen LogP contribution in [0.15, 0.2) is 17.5 Å². The van der Waals surface area contributed by atoms with Gasteiger partial charge in [-0.1, -0.05) is 12.2 Å². The van der Waals surface area contributed by atoms with Crippen molar-refractivity contribution in [2.75, 3.05) is 44.2 Å². The average molecular weight is 351 g/mol. The molecule has 6 heteroatoms. The van der Waals surface area contributed by atoms with Crippen molar-refractivity contribution in [3.63, 3.8) is 0 Å². The monoisotopic (exact) mass is 350 g/mol. The van der Waals surface area contributed by atoms with E-state index in [0.717, 1.165) is 55.5 Å². The van der Waals surface area contributed by atoms with Crippen molar-refractivity contribution < 1.29 is 4.79 Å². The minimum absolute atomic E-state index is 0.0812. The van der Waals surface area contributed by atoms with Crippen molar-refractivity contribution in [3.8, 4) is 0 Å². The van der Waals surface area contributed by atoms with Crippen molar-refractivity contribution in [1.82, 2.24) is 14.8 Å². The first kappa shape index (κ1) is 18.9. The van der Waals surface area contributed by atoms with Crippen LogP contribution < -0.4 is 4.90 Å². The van der Waals surface area contributed by atoms with E-state index in [1.807, 2.05) is 32.6 Å². The Balaban J connectivity index is 1.96. The van der Waals surface area contributed by atoms with Gasteiger partial charge in [0.1, 0.15) is 0 Å². The zero-order valence-corrected chi connectivity index (χ0v) is 16.2. The second-order valence-corrected chi connectivity index (χ2v) is 7.47. The molecule has 0 spiro atoms. The van der Waals surface area contributed by atoms with Gasteiger partial charge in [0.2, 0.25) is 5.91 Å². The van der Waals surface area contributed by atoms with Crippen LogP contribution in [-0.4, -0.2) is 66.0 Å². The molecule has 0 N–H and O–H groups in total. The van der Waals surface area contributed by atoms with E-state index >= 15 is 0 Å². The normalized spacial score (nSPS) is 17.4. The van der Waals surface area contributed by atoms with Gasteiger partial charge >= 0.3 is 0 Å². The summed E-state index contributed by atoms with van der Waals surface area (Å²) in [6.07, 6.45) is 1.06. The topological polar surface area (TPSA) is 39.7 Å². The maximum atomic E-state index is 12.8. The number of amides is 1. The summed E-state index contributed by atoms with van der Waals surface area (Å²) in [5.41, 5.74) is 2.11. The van der Waals surface area contributed by atoms with Crippen LogP contribution >= 0.6 is 11.3 Å². The number of hydrogen-bond donors (Lipinski definition) is 0. The number of nitrogens with zero attached hydrogens (tertiary/aromatic N) is 4.